The summed E-state index contributed by atoms with van der Waals surface area (Å²) in [6.07, 6.45) is 1.05. The third-order valence-electron chi connectivity index (χ3n) is 4.58. The maximum atomic E-state index is 9.28. The summed E-state index contributed by atoms with van der Waals surface area (Å²) >= 11 is 1.77. The van der Waals surface area contributed by atoms with Gasteiger partial charge in [0.05, 0.1) is 30.0 Å². The summed E-state index contributed by atoms with van der Waals surface area (Å²) in [5, 5.41) is 22.3. The lowest BCUT2D eigenvalue weighted by Crippen LogP contribution is -3.11. The van der Waals surface area contributed by atoms with Crippen LogP contribution in [0.3, 0.4) is 0 Å². The van der Waals surface area contributed by atoms with Crippen LogP contribution in [0.25, 0.3) is 16.0 Å². The van der Waals surface area contributed by atoms with Crippen molar-refractivity contribution >= 4 is 33.1 Å². The summed E-state index contributed by atoms with van der Waals surface area (Å²) in [4.78, 5) is 10.7. The highest BCUT2D eigenvalue weighted by Crippen LogP contribution is 2.37. The first-order valence-corrected chi connectivity index (χ1v) is 8.72. The van der Waals surface area contributed by atoms with E-state index in [1.54, 1.807) is 20.8 Å². The van der Waals surface area contributed by atoms with Gasteiger partial charge in [-0.15, -0.1) is 11.3 Å². The number of tetrazole rings is 1. The summed E-state index contributed by atoms with van der Waals surface area (Å²) in [6, 6.07) is 0. The van der Waals surface area contributed by atoms with Gasteiger partial charge in [0.1, 0.15) is 17.2 Å². The van der Waals surface area contributed by atoms with Gasteiger partial charge < -0.3 is 14.9 Å². The molecular weight excluding hydrogens is 314 g/mol. The van der Waals surface area contributed by atoms with E-state index in [1.165, 1.54) is 10.4 Å². The summed E-state index contributed by atoms with van der Waals surface area (Å²) < 4.78 is 1.74. The van der Waals surface area contributed by atoms with Crippen molar-refractivity contribution in [3.8, 4) is 0 Å². The van der Waals surface area contributed by atoms with Crippen molar-refractivity contribution in [3.05, 3.63) is 10.4 Å². The van der Waals surface area contributed by atoms with E-state index < -0.39 is 0 Å². The molecule has 1 aliphatic rings. The topological polar surface area (TPSA) is 83.9 Å². The van der Waals surface area contributed by atoms with Crippen LogP contribution in [0.4, 0.5) is 5.82 Å². The normalized spacial score (nSPS) is 17.8. The predicted molar refractivity (Wildman–Crippen MR) is 88.1 cm³/mol. The molecule has 122 valence electrons. The fourth-order valence-electron chi connectivity index (χ4n) is 3.27. The molecular formula is C14H20N7OS+. The van der Waals surface area contributed by atoms with Gasteiger partial charge in [-0.2, -0.15) is 9.50 Å². The molecule has 3 aromatic rings. The maximum absolute atomic E-state index is 9.28. The summed E-state index contributed by atoms with van der Waals surface area (Å²) in [5.41, 5.74) is 1.38. The van der Waals surface area contributed by atoms with E-state index in [9.17, 15) is 5.11 Å². The number of aliphatic hydroxyl groups excluding tert-OH is 1. The largest absolute Gasteiger partial charge is 0.395 e. The zero-order chi connectivity index (χ0) is 16.0. The van der Waals surface area contributed by atoms with Crippen molar-refractivity contribution < 1.29 is 10.0 Å². The first kappa shape index (κ1) is 14.7. The van der Waals surface area contributed by atoms with Gasteiger partial charge in [0.15, 0.2) is 0 Å². The number of aromatic nitrogens is 5. The molecule has 23 heavy (non-hydrogen) atoms. The van der Waals surface area contributed by atoms with Crippen LogP contribution in [0.2, 0.25) is 0 Å². The SMILES string of the molecule is CC[NH+]1CCc2c(sc3c2c(N(C)CCO)nc2nnnn23)C1. The van der Waals surface area contributed by atoms with E-state index in [2.05, 4.69) is 27.4 Å². The Morgan fingerprint density at radius 1 is 1.43 bits per heavy atom. The fourth-order valence-corrected chi connectivity index (χ4v) is 4.63. The first-order chi connectivity index (χ1) is 11.2. The summed E-state index contributed by atoms with van der Waals surface area (Å²) in [7, 11) is 1.95. The Balaban J connectivity index is 1.98. The van der Waals surface area contributed by atoms with Crippen molar-refractivity contribution in [2.75, 3.05) is 38.2 Å². The lowest BCUT2D eigenvalue weighted by atomic mass is 10.0. The minimum Gasteiger partial charge on any atom is -0.395 e. The molecule has 4 rings (SSSR count). The number of hydrogen-bond acceptors (Lipinski definition) is 7. The molecule has 0 saturated heterocycles. The third kappa shape index (κ3) is 2.27. The van der Waals surface area contributed by atoms with Crippen molar-refractivity contribution in [2.45, 2.75) is 19.9 Å². The van der Waals surface area contributed by atoms with E-state index in [-0.39, 0.29) is 6.61 Å². The molecule has 0 aromatic carbocycles. The predicted octanol–water partition coefficient (Wildman–Crippen LogP) is -0.877. The van der Waals surface area contributed by atoms with E-state index >= 15 is 0 Å². The first-order valence-electron chi connectivity index (χ1n) is 7.90. The zero-order valence-electron chi connectivity index (χ0n) is 13.3. The van der Waals surface area contributed by atoms with Crippen molar-refractivity contribution in [1.29, 1.82) is 0 Å². The van der Waals surface area contributed by atoms with Crippen molar-refractivity contribution in [3.63, 3.8) is 0 Å². The van der Waals surface area contributed by atoms with Gasteiger partial charge in [0.25, 0.3) is 5.78 Å². The second kappa shape index (κ2) is 5.66. The number of nitrogens with zero attached hydrogens (tertiary/aromatic N) is 6. The number of fused-ring (bicyclic) bond motifs is 5. The van der Waals surface area contributed by atoms with E-state index in [0.29, 0.717) is 12.3 Å². The number of aliphatic hydroxyl groups is 1. The summed E-state index contributed by atoms with van der Waals surface area (Å²) in [5.74, 6) is 1.38. The van der Waals surface area contributed by atoms with E-state index in [1.807, 2.05) is 11.9 Å². The van der Waals surface area contributed by atoms with Crippen molar-refractivity contribution in [1.82, 2.24) is 25.0 Å². The average Bonchev–Trinajstić information content (AvgIpc) is 3.17. The number of likely N-dealkylation sites (N-methyl/N-ethyl adjacent to an activating group) is 2. The van der Waals surface area contributed by atoms with Gasteiger partial charge in [0.2, 0.25) is 0 Å². The van der Waals surface area contributed by atoms with Crippen LogP contribution in [0, 0.1) is 0 Å². The van der Waals surface area contributed by atoms with Crippen LogP contribution < -0.4 is 9.80 Å². The Bertz CT molecular complexity index is 858. The standard InChI is InChI=1S/C14H19N7OS/c1-3-20-5-4-9-10(8-20)23-13-11(9)12(19(2)6-7-22)15-14-16-17-18-21(13)14/h22H,3-8H2,1-2H3/p+1. The minimum atomic E-state index is 0.0931. The van der Waals surface area contributed by atoms with Crippen LogP contribution in [-0.2, 0) is 13.0 Å². The van der Waals surface area contributed by atoms with E-state index in [0.717, 1.165) is 42.1 Å². The lowest BCUT2D eigenvalue weighted by Gasteiger charge is -2.23. The number of nitrogens with one attached hydrogen (secondary N) is 1. The number of thiophene rings is 1. The molecule has 1 aliphatic heterocycles. The highest BCUT2D eigenvalue weighted by atomic mass is 32.1. The molecule has 0 radical (unpaired) electrons. The average molecular weight is 334 g/mol. The molecule has 2 N–H and O–H groups in total. The minimum absolute atomic E-state index is 0.0931. The highest BCUT2D eigenvalue weighted by molar-refractivity contribution is 7.19. The second-order valence-corrected chi connectivity index (χ2v) is 7.02. The Labute approximate surface area is 137 Å². The van der Waals surface area contributed by atoms with Gasteiger partial charge >= 0.3 is 0 Å². The molecule has 8 nitrogen and oxygen atoms in total. The number of rotatable bonds is 4. The zero-order valence-corrected chi connectivity index (χ0v) is 14.1. The van der Waals surface area contributed by atoms with Gasteiger partial charge in [-0.25, -0.2) is 0 Å². The molecule has 0 spiro atoms. The molecule has 0 amide bonds. The molecule has 4 heterocycles. The Kier molecular flexibility index (Phi) is 3.63. The monoisotopic (exact) mass is 334 g/mol. The maximum Gasteiger partial charge on any atom is 0.276 e. The number of hydrogen-bond donors (Lipinski definition) is 2. The Morgan fingerprint density at radius 2 is 2.30 bits per heavy atom. The number of anilines is 1. The molecule has 0 saturated carbocycles. The lowest BCUT2D eigenvalue weighted by molar-refractivity contribution is -0.913. The van der Waals surface area contributed by atoms with Gasteiger partial charge in [0, 0.05) is 20.0 Å². The van der Waals surface area contributed by atoms with Crippen LogP contribution in [-0.4, -0.2) is 63.4 Å². The second-order valence-electron chi connectivity index (χ2n) is 5.94. The molecule has 9 heteroatoms. The van der Waals surface area contributed by atoms with Crippen LogP contribution in [0.5, 0.6) is 0 Å². The van der Waals surface area contributed by atoms with Crippen LogP contribution in [0.15, 0.2) is 0 Å². The fraction of sp³-hybridized carbons (Fsp3) is 0.571. The molecule has 1 atom stereocenters. The smallest absolute Gasteiger partial charge is 0.276 e. The Hall–Kier alpha value is -1.84. The molecule has 1 unspecified atom stereocenters. The van der Waals surface area contributed by atoms with Crippen LogP contribution in [0.1, 0.15) is 17.4 Å². The van der Waals surface area contributed by atoms with Gasteiger partial charge in [-0.3, -0.25) is 0 Å². The highest BCUT2D eigenvalue weighted by Gasteiger charge is 2.27. The van der Waals surface area contributed by atoms with E-state index in [4.69, 9.17) is 0 Å². The third-order valence-corrected chi connectivity index (χ3v) is 5.79. The molecule has 3 aromatic heterocycles. The van der Waals surface area contributed by atoms with Crippen LogP contribution >= 0.6 is 11.3 Å². The molecule has 0 fully saturated rings. The molecule has 0 aliphatic carbocycles. The quantitative estimate of drug-likeness (QED) is 0.645. The van der Waals surface area contributed by atoms with Gasteiger partial charge in [-0.05, 0) is 22.9 Å². The Morgan fingerprint density at radius 3 is 3.09 bits per heavy atom. The van der Waals surface area contributed by atoms with Crippen molar-refractivity contribution in [2.24, 2.45) is 0 Å². The molecule has 0 bridgehead atoms. The van der Waals surface area contributed by atoms with Gasteiger partial charge in [-0.1, -0.05) is 5.10 Å². The number of quaternary nitrogens is 1. The summed E-state index contributed by atoms with van der Waals surface area (Å²) in [6.45, 7) is 6.20.